The molecule has 0 saturated carbocycles. The molecule has 0 fully saturated rings. The van der Waals surface area contributed by atoms with Crippen LogP contribution in [0, 0.1) is 5.82 Å². The molecule has 0 bridgehead atoms. The monoisotopic (exact) mass is 448 g/mol. The van der Waals surface area contributed by atoms with E-state index in [2.05, 4.69) is 15.3 Å². The van der Waals surface area contributed by atoms with Gasteiger partial charge < -0.3 is 14.8 Å². The first-order valence-electron chi connectivity index (χ1n) is 9.62. The standard InChI is InChI=1S/C21H22ClFN4O4/c1-30-18-10-14-17(11-19(18)31-8-4-2-3-5-20(28)27-29)24-12-25-21(14)26-13-6-7-16(23)15(22)9-13/h6-7,9-12,29H,2-5,8H2,1H3,(H,27,28)(H,24,25,26). The summed E-state index contributed by atoms with van der Waals surface area (Å²) in [4.78, 5) is 19.6. The Hall–Kier alpha value is -3.17. The SMILES string of the molecule is COc1cc2c(Nc3ccc(F)c(Cl)c3)ncnc2cc1OCCCCCC(=O)NO. The van der Waals surface area contributed by atoms with Gasteiger partial charge in [0.15, 0.2) is 11.5 Å². The highest BCUT2D eigenvalue weighted by molar-refractivity contribution is 6.31. The van der Waals surface area contributed by atoms with Crippen LogP contribution in [0.1, 0.15) is 25.7 Å². The molecule has 1 amide bonds. The minimum Gasteiger partial charge on any atom is -0.493 e. The predicted molar refractivity (Wildman–Crippen MR) is 115 cm³/mol. The molecule has 2 aromatic carbocycles. The van der Waals surface area contributed by atoms with Crippen molar-refractivity contribution in [3.8, 4) is 11.5 Å². The number of methoxy groups -OCH3 is 1. The van der Waals surface area contributed by atoms with Crippen LogP contribution in [0.15, 0.2) is 36.7 Å². The third kappa shape index (κ3) is 5.93. The molecule has 8 nitrogen and oxygen atoms in total. The van der Waals surface area contributed by atoms with Crippen molar-refractivity contribution in [3.63, 3.8) is 0 Å². The van der Waals surface area contributed by atoms with Crippen LogP contribution in [-0.2, 0) is 4.79 Å². The molecule has 0 aliphatic carbocycles. The zero-order chi connectivity index (χ0) is 22.2. The zero-order valence-electron chi connectivity index (χ0n) is 16.8. The smallest absolute Gasteiger partial charge is 0.243 e. The zero-order valence-corrected chi connectivity index (χ0v) is 17.6. The number of fused-ring (bicyclic) bond motifs is 1. The van der Waals surface area contributed by atoms with Crippen molar-refractivity contribution < 1.29 is 23.9 Å². The summed E-state index contributed by atoms with van der Waals surface area (Å²) in [6.45, 7) is 0.437. The van der Waals surface area contributed by atoms with Crippen LogP contribution >= 0.6 is 11.6 Å². The summed E-state index contributed by atoms with van der Waals surface area (Å²) in [6, 6.07) is 7.84. The van der Waals surface area contributed by atoms with E-state index < -0.39 is 11.7 Å². The van der Waals surface area contributed by atoms with Gasteiger partial charge in [0.25, 0.3) is 0 Å². The summed E-state index contributed by atoms with van der Waals surface area (Å²) >= 11 is 5.85. The highest BCUT2D eigenvalue weighted by atomic mass is 35.5. The summed E-state index contributed by atoms with van der Waals surface area (Å²) in [6.07, 6.45) is 3.85. The van der Waals surface area contributed by atoms with Gasteiger partial charge in [-0.05, 0) is 43.5 Å². The third-order valence-corrected chi connectivity index (χ3v) is 4.82. The van der Waals surface area contributed by atoms with E-state index in [0.29, 0.717) is 46.9 Å². The highest BCUT2D eigenvalue weighted by Gasteiger charge is 2.12. The Labute approximate surface area is 183 Å². The number of benzene rings is 2. The van der Waals surface area contributed by atoms with Crippen LogP contribution in [0.2, 0.25) is 5.02 Å². The van der Waals surface area contributed by atoms with Crippen molar-refractivity contribution in [1.82, 2.24) is 15.4 Å². The lowest BCUT2D eigenvalue weighted by Crippen LogP contribution is -2.17. The second-order valence-corrected chi connectivity index (χ2v) is 7.10. The van der Waals surface area contributed by atoms with Gasteiger partial charge in [0, 0.05) is 23.6 Å². The summed E-state index contributed by atoms with van der Waals surface area (Å²) in [5.74, 6) is 0.670. The number of carbonyl (C=O) groups excluding carboxylic acids is 1. The van der Waals surface area contributed by atoms with Crippen LogP contribution in [0.3, 0.4) is 0 Å². The van der Waals surface area contributed by atoms with Crippen LogP contribution in [0.5, 0.6) is 11.5 Å². The number of nitrogens with one attached hydrogen (secondary N) is 2. The number of halogens is 2. The van der Waals surface area contributed by atoms with Gasteiger partial charge in [-0.15, -0.1) is 0 Å². The number of nitrogens with zero attached hydrogens (tertiary/aromatic N) is 2. The van der Waals surface area contributed by atoms with Gasteiger partial charge in [-0.3, -0.25) is 10.0 Å². The second kappa shape index (κ2) is 10.7. The number of rotatable bonds is 10. The van der Waals surface area contributed by atoms with Crippen LogP contribution in [0.4, 0.5) is 15.9 Å². The molecule has 0 aliphatic rings. The second-order valence-electron chi connectivity index (χ2n) is 6.69. The number of unbranched alkanes of at least 4 members (excludes halogenated alkanes) is 2. The fourth-order valence-corrected chi connectivity index (χ4v) is 3.13. The molecule has 0 unspecified atom stereocenters. The Morgan fingerprint density at radius 3 is 2.74 bits per heavy atom. The molecule has 164 valence electrons. The summed E-state index contributed by atoms with van der Waals surface area (Å²) in [5.41, 5.74) is 2.84. The Morgan fingerprint density at radius 2 is 2.00 bits per heavy atom. The minimum absolute atomic E-state index is 0.00798. The largest absolute Gasteiger partial charge is 0.493 e. The average molecular weight is 449 g/mol. The molecule has 31 heavy (non-hydrogen) atoms. The van der Waals surface area contributed by atoms with Gasteiger partial charge >= 0.3 is 0 Å². The molecule has 1 aromatic heterocycles. The first-order chi connectivity index (χ1) is 15.0. The van der Waals surface area contributed by atoms with Crippen molar-refractivity contribution in [2.45, 2.75) is 25.7 Å². The molecule has 3 N–H and O–H groups in total. The first-order valence-corrected chi connectivity index (χ1v) is 10.00. The summed E-state index contributed by atoms with van der Waals surface area (Å²) in [7, 11) is 1.54. The Morgan fingerprint density at radius 1 is 1.16 bits per heavy atom. The fourth-order valence-electron chi connectivity index (χ4n) is 2.95. The van der Waals surface area contributed by atoms with E-state index in [9.17, 15) is 9.18 Å². The van der Waals surface area contributed by atoms with Gasteiger partial charge in [0.05, 0.1) is 24.3 Å². The number of anilines is 2. The van der Waals surface area contributed by atoms with Gasteiger partial charge in [0.2, 0.25) is 5.91 Å². The van der Waals surface area contributed by atoms with E-state index >= 15 is 0 Å². The molecular formula is C21H22ClFN4O4. The number of ether oxygens (including phenoxy) is 2. The van der Waals surface area contributed by atoms with Crippen LogP contribution in [-0.4, -0.2) is 34.8 Å². The van der Waals surface area contributed by atoms with E-state index in [0.717, 1.165) is 12.8 Å². The van der Waals surface area contributed by atoms with Crippen molar-refractivity contribution in [3.05, 3.63) is 47.5 Å². The van der Waals surface area contributed by atoms with E-state index in [1.807, 2.05) is 0 Å². The molecule has 3 aromatic rings. The fraction of sp³-hybridized carbons (Fsp3) is 0.286. The lowest BCUT2D eigenvalue weighted by Gasteiger charge is -2.14. The van der Waals surface area contributed by atoms with Gasteiger partial charge in [0.1, 0.15) is 18.0 Å². The highest BCUT2D eigenvalue weighted by Crippen LogP contribution is 2.35. The lowest BCUT2D eigenvalue weighted by molar-refractivity contribution is -0.129. The molecule has 0 radical (unpaired) electrons. The molecule has 0 aliphatic heterocycles. The van der Waals surface area contributed by atoms with Crippen LogP contribution < -0.4 is 20.3 Å². The van der Waals surface area contributed by atoms with Gasteiger partial charge in [-0.25, -0.2) is 19.8 Å². The number of amides is 1. The molecule has 0 atom stereocenters. The van der Waals surface area contributed by atoms with Crippen molar-refractivity contribution >= 4 is 39.9 Å². The maximum Gasteiger partial charge on any atom is 0.243 e. The summed E-state index contributed by atoms with van der Waals surface area (Å²) in [5, 5.41) is 12.3. The number of hydroxylamine groups is 1. The molecule has 10 heteroatoms. The lowest BCUT2D eigenvalue weighted by atomic mass is 10.2. The van der Waals surface area contributed by atoms with Crippen molar-refractivity contribution in [1.29, 1.82) is 0 Å². The van der Waals surface area contributed by atoms with E-state index in [4.69, 9.17) is 26.3 Å². The summed E-state index contributed by atoms with van der Waals surface area (Å²) < 4.78 is 24.7. The number of aromatic nitrogens is 2. The first kappa shape index (κ1) is 22.5. The van der Waals surface area contributed by atoms with Gasteiger partial charge in [-0.1, -0.05) is 11.6 Å². The topological polar surface area (TPSA) is 106 Å². The van der Waals surface area contributed by atoms with Crippen molar-refractivity contribution in [2.75, 3.05) is 19.0 Å². The van der Waals surface area contributed by atoms with E-state index in [-0.39, 0.29) is 11.4 Å². The van der Waals surface area contributed by atoms with Crippen LogP contribution in [0.25, 0.3) is 10.9 Å². The Bertz CT molecular complexity index is 1070. The molecule has 0 spiro atoms. The Kier molecular flexibility index (Phi) is 7.80. The number of hydrogen-bond donors (Lipinski definition) is 3. The Balaban J connectivity index is 1.72. The average Bonchev–Trinajstić information content (AvgIpc) is 2.78. The third-order valence-electron chi connectivity index (χ3n) is 4.53. The molecule has 1 heterocycles. The molecular weight excluding hydrogens is 427 g/mol. The minimum atomic E-state index is -0.500. The maximum atomic E-state index is 13.4. The normalized spacial score (nSPS) is 10.7. The predicted octanol–water partition coefficient (Wildman–Crippen LogP) is 4.62. The molecule has 0 saturated heterocycles. The van der Waals surface area contributed by atoms with E-state index in [1.165, 1.54) is 25.6 Å². The number of carbonyl (C=O) groups is 1. The quantitative estimate of drug-likeness (QED) is 0.236. The molecule has 3 rings (SSSR count). The number of hydrogen-bond acceptors (Lipinski definition) is 7. The van der Waals surface area contributed by atoms with Gasteiger partial charge in [-0.2, -0.15) is 0 Å². The van der Waals surface area contributed by atoms with E-state index in [1.54, 1.807) is 23.7 Å². The van der Waals surface area contributed by atoms with Crippen molar-refractivity contribution in [2.24, 2.45) is 0 Å². The maximum absolute atomic E-state index is 13.4.